The first-order valence-electron chi connectivity index (χ1n) is 7.95. The number of Topliss-reactive ketones (excluding diaryl/α,β-unsaturated/α-hetero) is 1. The molecule has 1 aromatic heterocycles. The molecule has 3 aromatic rings. The van der Waals surface area contributed by atoms with E-state index in [0.717, 1.165) is 10.9 Å². The molecule has 5 nitrogen and oxygen atoms in total. The van der Waals surface area contributed by atoms with Crippen LogP contribution in [0.25, 0.3) is 10.9 Å². The van der Waals surface area contributed by atoms with E-state index < -0.39 is 0 Å². The van der Waals surface area contributed by atoms with Crippen LogP contribution < -0.4 is 5.73 Å². The molecular formula is C19H19N3O2. The second kappa shape index (κ2) is 6.29. The molecular weight excluding hydrogens is 302 g/mol. The van der Waals surface area contributed by atoms with Crippen molar-refractivity contribution in [3.8, 4) is 5.88 Å². The number of fused-ring (bicyclic) bond motifs is 2. The van der Waals surface area contributed by atoms with Gasteiger partial charge in [0.05, 0.1) is 23.4 Å². The Labute approximate surface area is 140 Å². The fourth-order valence-corrected chi connectivity index (χ4v) is 2.94. The summed E-state index contributed by atoms with van der Waals surface area (Å²) in [5.41, 5.74) is 8.41. The lowest BCUT2D eigenvalue weighted by Gasteiger charge is -2.02. The van der Waals surface area contributed by atoms with E-state index in [1.54, 1.807) is 22.8 Å². The van der Waals surface area contributed by atoms with Gasteiger partial charge in [-0.15, -0.1) is 0 Å². The lowest BCUT2D eigenvalue weighted by Crippen LogP contribution is -2.12. The third-order valence-electron chi connectivity index (χ3n) is 3.96. The number of ketones is 1. The van der Waals surface area contributed by atoms with E-state index in [2.05, 4.69) is 4.99 Å². The van der Waals surface area contributed by atoms with Crippen LogP contribution in [0.4, 0.5) is 5.69 Å². The number of aromatic hydroxyl groups is 1. The molecule has 0 saturated heterocycles. The molecule has 0 spiro atoms. The number of carbonyl (C=O) groups excluding carboxylic acids is 1. The predicted octanol–water partition coefficient (Wildman–Crippen LogP) is 3.61. The second-order valence-electron chi connectivity index (χ2n) is 5.13. The van der Waals surface area contributed by atoms with E-state index in [0.29, 0.717) is 16.8 Å². The number of carbonyl (C=O) groups is 1. The van der Waals surface area contributed by atoms with Crippen LogP contribution in [0.5, 0.6) is 5.88 Å². The molecule has 0 fully saturated rings. The van der Waals surface area contributed by atoms with E-state index in [1.165, 1.54) is 0 Å². The number of para-hydroxylation sites is 2. The summed E-state index contributed by atoms with van der Waals surface area (Å²) in [5, 5.41) is 11.3. The number of aliphatic imine (C=N–C) groups is 1. The number of aromatic nitrogens is 1. The van der Waals surface area contributed by atoms with Gasteiger partial charge in [0.15, 0.2) is 0 Å². The maximum absolute atomic E-state index is 12.6. The van der Waals surface area contributed by atoms with Gasteiger partial charge >= 0.3 is 0 Å². The molecule has 0 unspecified atom stereocenters. The monoisotopic (exact) mass is 321 g/mol. The van der Waals surface area contributed by atoms with Gasteiger partial charge in [-0.25, -0.2) is 4.99 Å². The highest BCUT2D eigenvalue weighted by molar-refractivity contribution is 6.56. The average Bonchev–Trinajstić information content (AvgIpc) is 3.10. The fourth-order valence-electron chi connectivity index (χ4n) is 2.94. The minimum atomic E-state index is -0.175. The van der Waals surface area contributed by atoms with Gasteiger partial charge in [-0.05, 0) is 18.2 Å². The molecule has 122 valence electrons. The Morgan fingerprint density at radius 3 is 2.46 bits per heavy atom. The van der Waals surface area contributed by atoms with Gasteiger partial charge < -0.3 is 10.8 Å². The molecule has 0 saturated carbocycles. The topological polar surface area (TPSA) is 80.6 Å². The largest absolute Gasteiger partial charge is 0.494 e. The predicted molar refractivity (Wildman–Crippen MR) is 96.1 cm³/mol. The standard InChI is InChI=1S/C17H13N3O2.C2H6/c18-9-20-13-8-4-2-6-11(13)14(17(20)22)15-16(21)10-5-1-3-7-12(10)19-15;1-2/h1-8,22H,9,18H2;1-2H3. The molecule has 4 rings (SSSR count). The molecule has 0 radical (unpaired) electrons. The molecule has 0 amide bonds. The molecule has 5 heteroatoms. The molecule has 2 heterocycles. The number of nitrogens with two attached hydrogens (primary N) is 1. The van der Waals surface area contributed by atoms with Crippen LogP contribution >= 0.6 is 0 Å². The Kier molecular flexibility index (Phi) is 4.18. The number of rotatable bonds is 2. The summed E-state index contributed by atoms with van der Waals surface area (Å²) in [4.78, 5) is 17.0. The molecule has 3 N–H and O–H groups in total. The van der Waals surface area contributed by atoms with Crippen LogP contribution in [-0.4, -0.2) is 21.2 Å². The minimum absolute atomic E-state index is 0.0244. The lowest BCUT2D eigenvalue weighted by molar-refractivity contribution is 0.107. The average molecular weight is 321 g/mol. The molecule has 0 bridgehead atoms. The third-order valence-corrected chi connectivity index (χ3v) is 3.96. The molecule has 0 atom stereocenters. The van der Waals surface area contributed by atoms with E-state index >= 15 is 0 Å². The van der Waals surface area contributed by atoms with Crippen LogP contribution in [0.1, 0.15) is 29.8 Å². The first kappa shape index (κ1) is 16.0. The summed E-state index contributed by atoms with van der Waals surface area (Å²) in [6, 6.07) is 14.6. The van der Waals surface area contributed by atoms with Crippen molar-refractivity contribution in [3.05, 3.63) is 59.7 Å². The second-order valence-corrected chi connectivity index (χ2v) is 5.13. The number of hydrogen-bond acceptors (Lipinski definition) is 4. The van der Waals surface area contributed by atoms with Gasteiger partial charge in [-0.3, -0.25) is 9.36 Å². The van der Waals surface area contributed by atoms with Crippen LogP contribution in [0.2, 0.25) is 0 Å². The normalized spacial score (nSPS) is 12.6. The summed E-state index contributed by atoms with van der Waals surface area (Å²) in [6.45, 7) is 4.13. The van der Waals surface area contributed by atoms with Gasteiger partial charge in [-0.1, -0.05) is 44.2 Å². The van der Waals surface area contributed by atoms with Gasteiger partial charge in [-0.2, -0.15) is 0 Å². The third kappa shape index (κ3) is 2.21. The zero-order valence-corrected chi connectivity index (χ0v) is 13.7. The van der Waals surface area contributed by atoms with Crippen molar-refractivity contribution in [3.63, 3.8) is 0 Å². The Morgan fingerprint density at radius 2 is 1.75 bits per heavy atom. The van der Waals surface area contributed by atoms with Crippen LogP contribution in [0, 0.1) is 0 Å². The lowest BCUT2D eigenvalue weighted by atomic mass is 10.0. The zero-order valence-electron chi connectivity index (χ0n) is 13.7. The van der Waals surface area contributed by atoms with Crippen molar-refractivity contribution >= 4 is 28.1 Å². The maximum atomic E-state index is 12.6. The Balaban J connectivity index is 0.000000815. The molecule has 24 heavy (non-hydrogen) atoms. The van der Waals surface area contributed by atoms with E-state index in [-0.39, 0.29) is 24.0 Å². The number of benzene rings is 2. The Morgan fingerprint density at radius 1 is 1.08 bits per heavy atom. The molecule has 0 aliphatic carbocycles. The summed E-state index contributed by atoms with van der Waals surface area (Å²) < 4.78 is 1.57. The quantitative estimate of drug-likeness (QED) is 0.756. The summed E-state index contributed by atoms with van der Waals surface area (Å²) in [7, 11) is 0. The highest BCUT2D eigenvalue weighted by atomic mass is 16.3. The number of hydrogen-bond donors (Lipinski definition) is 2. The molecule has 1 aliphatic heterocycles. The number of nitrogens with zero attached hydrogens (tertiary/aromatic N) is 2. The summed E-state index contributed by atoms with van der Waals surface area (Å²) in [5.74, 6) is -0.200. The van der Waals surface area contributed by atoms with Crippen molar-refractivity contribution in [1.82, 2.24) is 4.57 Å². The van der Waals surface area contributed by atoms with Gasteiger partial charge in [0.25, 0.3) is 0 Å². The van der Waals surface area contributed by atoms with E-state index in [9.17, 15) is 9.90 Å². The van der Waals surface area contributed by atoms with Crippen molar-refractivity contribution < 1.29 is 9.90 Å². The fraction of sp³-hybridized carbons (Fsp3) is 0.158. The van der Waals surface area contributed by atoms with Gasteiger partial charge in [0.1, 0.15) is 5.71 Å². The van der Waals surface area contributed by atoms with Crippen molar-refractivity contribution in [2.75, 3.05) is 0 Å². The summed E-state index contributed by atoms with van der Waals surface area (Å²) >= 11 is 0. The highest BCUT2D eigenvalue weighted by Crippen LogP contribution is 2.36. The maximum Gasteiger partial charge on any atom is 0.214 e. The van der Waals surface area contributed by atoms with Gasteiger partial charge in [0.2, 0.25) is 11.7 Å². The Bertz CT molecular complexity index is 954. The van der Waals surface area contributed by atoms with Crippen LogP contribution in [0.15, 0.2) is 53.5 Å². The van der Waals surface area contributed by atoms with Gasteiger partial charge in [0, 0.05) is 10.9 Å². The highest BCUT2D eigenvalue weighted by Gasteiger charge is 2.30. The molecule has 2 aromatic carbocycles. The SMILES string of the molecule is CC.NCn1c(O)c(C2=Nc3ccccc3C2=O)c2ccccc21. The first-order valence-corrected chi connectivity index (χ1v) is 7.95. The van der Waals surface area contributed by atoms with Crippen molar-refractivity contribution in [2.45, 2.75) is 20.5 Å². The Hall–Kier alpha value is -2.92. The zero-order chi connectivity index (χ0) is 17.3. The van der Waals surface area contributed by atoms with Crippen LogP contribution in [-0.2, 0) is 6.67 Å². The molecule has 1 aliphatic rings. The smallest absolute Gasteiger partial charge is 0.214 e. The summed E-state index contributed by atoms with van der Waals surface area (Å²) in [6.07, 6.45) is 0. The van der Waals surface area contributed by atoms with Crippen molar-refractivity contribution in [2.24, 2.45) is 10.7 Å². The van der Waals surface area contributed by atoms with Crippen molar-refractivity contribution in [1.29, 1.82) is 0 Å². The van der Waals surface area contributed by atoms with E-state index in [1.807, 2.05) is 44.2 Å². The first-order chi connectivity index (χ1) is 11.7. The van der Waals surface area contributed by atoms with E-state index in [4.69, 9.17) is 5.73 Å². The van der Waals surface area contributed by atoms with Crippen LogP contribution in [0.3, 0.4) is 0 Å². The minimum Gasteiger partial charge on any atom is -0.494 e.